The Morgan fingerprint density at radius 2 is 1.96 bits per heavy atom. The molecular weight excluding hydrogens is 384 g/mol. The Hall–Kier alpha value is -2.22. The molecule has 0 saturated heterocycles. The second kappa shape index (κ2) is 7.77. The summed E-state index contributed by atoms with van der Waals surface area (Å²) in [7, 11) is 0. The molecule has 3 aromatic rings. The number of hydrogen-bond acceptors (Lipinski definition) is 3. The largest absolute Gasteiger partial charge is 0.331 e. The topological polar surface area (TPSA) is 54.8 Å². The summed E-state index contributed by atoms with van der Waals surface area (Å²) in [5.74, 6) is -0.00714. The Balaban J connectivity index is 1.64. The summed E-state index contributed by atoms with van der Waals surface area (Å²) in [4.78, 5) is 4.10. The summed E-state index contributed by atoms with van der Waals surface area (Å²) < 4.78 is 15.2. The number of nitrogens with zero attached hydrogens (tertiary/aromatic N) is 3. The summed E-state index contributed by atoms with van der Waals surface area (Å²) in [5, 5.41) is 11.2. The third-order valence-corrected chi connectivity index (χ3v) is 4.00. The summed E-state index contributed by atoms with van der Waals surface area (Å²) >= 11 is 17.2. The molecule has 0 radical (unpaired) electrons. The third kappa shape index (κ3) is 4.66. The van der Waals surface area contributed by atoms with Gasteiger partial charge in [0.2, 0.25) is 5.95 Å². The molecule has 0 aliphatic carbocycles. The first-order valence-electron chi connectivity index (χ1n) is 7.17. The van der Waals surface area contributed by atoms with Gasteiger partial charge < -0.3 is 5.32 Å². The second-order valence-corrected chi connectivity index (χ2v) is 6.31. The summed E-state index contributed by atoms with van der Waals surface area (Å²) in [5.41, 5.74) is 1.09. The summed E-state index contributed by atoms with van der Waals surface area (Å²) in [6.45, 7) is 0.266. The van der Waals surface area contributed by atoms with Crippen molar-refractivity contribution in [2.45, 2.75) is 6.54 Å². The Morgan fingerprint density at radius 1 is 1.16 bits per heavy atom. The highest BCUT2D eigenvalue weighted by Gasteiger charge is 2.08. The van der Waals surface area contributed by atoms with Crippen LogP contribution in [0.5, 0.6) is 0 Å². The predicted molar refractivity (Wildman–Crippen MR) is 102 cm³/mol. The molecule has 0 unspecified atom stereocenters. The van der Waals surface area contributed by atoms with Crippen LogP contribution in [-0.2, 0) is 6.54 Å². The van der Waals surface area contributed by atoms with Crippen LogP contribution in [0, 0.1) is 5.82 Å². The number of nitrogens with one attached hydrogen (secondary N) is 2. The minimum Gasteiger partial charge on any atom is -0.331 e. The number of anilines is 2. The first kappa shape index (κ1) is 17.6. The number of aromatic nitrogens is 3. The Morgan fingerprint density at radius 3 is 2.76 bits per heavy atom. The zero-order valence-corrected chi connectivity index (χ0v) is 15.0. The number of rotatable bonds is 4. The van der Waals surface area contributed by atoms with Gasteiger partial charge in [0.1, 0.15) is 12.1 Å². The zero-order valence-electron chi connectivity index (χ0n) is 12.7. The van der Waals surface area contributed by atoms with Crippen LogP contribution in [0.1, 0.15) is 5.56 Å². The first-order valence-corrected chi connectivity index (χ1v) is 8.33. The van der Waals surface area contributed by atoms with Crippen LogP contribution in [0.4, 0.5) is 16.0 Å². The van der Waals surface area contributed by atoms with Crippen LogP contribution < -0.4 is 10.6 Å². The molecular formula is C16H12Cl2FN5S. The van der Waals surface area contributed by atoms with Crippen molar-refractivity contribution in [2.75, 3.05) is 10.6 Å². The van der Waals surface area contributed by atoms with E-state index in [1.807, 2.05) is 0 Å². The monoisotopic (exact) mass is 395 g/mol. The highest BCUT2D eigenvalue weighted by atomic mass is 35.5. The van der Waals surface area contributed by atoms with E-state index in [1.54, 1.807) is 36.4 Å². The van der Waals surface area contributed by atoms with Crippen molar-refractivity contribution >= 4 is 52.2 Å². The van der Waals surface area contributed by atoms with Gasteiger partial charge in [0.15, 0.2) is 5.11 Å². The molecule has 0 amide bonds. The minimum atomic E-state index is -0.291. The molecule has 0 bridgehead atoms. The molecule has 0 aliphatic rings. The standard InChI is InChI=1S/C16H12Cl2FN5S/c17-11-5-6-12(18)14(7-11)21-16(25)22-15-20-9-24(23-15)8-10-3-1-2-4-13(10)19/h1-7,9H,8H2,(H2,21,22,23,25). The van der Waals surface area contributed by atoms with Gasteiger partial charge in [-0.3, -0.25) is 5.32 Å². The van der Waals surface area contributed by atoms with Gasteiger partial charge in [-0.05, 0) is 36.5 Å². The lowest BCUT2D eigenvalue weighted by Gasteiger charge is -2.09. The van der Waals surface area contributed by atoms with Crippen LogP contribution in [0.25, 0.3) is 0 Å². The molecule has 9 heteroatoms. The lowest BCUT2D eigenvalue weighted by atomic mass is 10.2. The average molecular weight is 396 g/mol. The van der Waals surface area contributed by atoms with E-state index in [0.29, 0.717) is 21.3 Å². The molecule has 25 heavy (non-hydrogen) atoms. The fourth-order valence-corrected chi connectivity index (χ4v) is 2.62. The van der Waals surface area contributed by atoms with Gasteiger partial charge in [-0.25, -0.2) is 14.1 Å². The Bertz CT molecular complexity index is 915. The molecule has 0 aliphatic heterocycles. The predicted octanol–water partition coefficient (Wildman–Crippen LogP) is 4.58. The van der Waals surface area contributed by atoms with Crippen molar-refractivity contribution in [3.63, 3.8) is 0 Å². The zero-order chi connectivity index (χ0) is 17.8. The molecule has 1 aromatic heterocycles. The Kier molecular flexibility index (Phi) is 5.47. The first-order chi connectivity index (χ1) is 12.0. The molecule has 0 saturated carbocycles. The fourth-order valence-electron chi connectivity index (χ4n) is 2.08. The molecule has 0 fully saturated rings. The second-order valence-electron chi connectivity index (χ2n) is 5.06. The van der Waals surface area contributed by atoms with Gasteiger partial charge in [-0.2, -0.15) is 0 Å². The highest BCUT2D eigenvalue weighted by molar-refractivity contribution is 7.80. The normalized spacial score (nSPS) is 10.5. The smallest absolute Gasteiger partial charge is 0.248 e. The SMILES string of the molecule is Fc1ccccc1Cn1cnc(NC(=S)Nc2cc(Cl)ccc2Cl)n1. The lowest BCUT2D eigenvalue weighted by Crippen LogP contribution is -2.20. The van der Waals surface area contributed by atoms with Crippen LogP contribution in [0.2, 0.25) is 10.0 Å². The van der Waals surface area contributed by atoms with Gasteiger partial charge in [0, 0.05) is 10.6 Å². The molecule has 3 rings (SSSR count). The molecule has 1 heterocycles. The summed E-state index contributed by atoms with van der Waals surface area (Å²) in [6.07, 6.45) is 1.49. The van der Waals surface area contributed by atoms with Gasteiger partial charge in [-0.1, -0.05) is 41.4 Å². The van der Waals surface area contributed by atoms with Crippen molar-refractivity contribution in [1.29, 1.82) is 0 Å². The van der Waals surface area contributed by atoms with E-state index >= 15 is 0 Å². The number of hydrogen-bond donors (Lipinski definition) is 2. The van der Waals surface area contributed by atoms with Crippen molar-refractivity contribution in [2.24, 2.45) is 0 Å². The van der Waals surface area contributed by atoms with Crippen molar-refractivity contribution in [3.05, 3.63) is 70.2 Å². The number of thiocarbonyl (C=S) groups is 1. The lowest BCUT2D eigenvalue weighted by molar-refractivity contribution is 0.585. The maximum Gasteiger partial charge on any atom is 0.248 e. The van der Waals surface area contributed by atoms with Crippen molar-refractivity contribution < 1.29 is 4.39 Å². The van der Waals surface area contributed by atoms with E-state index in [2.05, 4.69) is 20.7 Å². The third-order valence-electron chi connectivity index (χ3n) is 3.23. The van der Waals surface area contributed by atoms with E-state index < -0.39 is 0 Å². The summed E-state index contributed by atoms with van der Waals surface area (Å²) in [6, 6.07) is 11.5. The number of benzene rings is 2. The maximum absolute atomic E-state index is 13.7. The van der Waals surface area contributed by atoms with Gasteiger partial charge in [0.25, 0.3) is 0 Å². The van der Waals surface area contributed by atoms with E-state index in [-0.39, 0.29) is 23.4 Å². The van der Waals surface area contributed by atoms with Crippen LogP contribution in [-0.4, -0.2) is 19.9 Å². The molecule has 0 spiro atoms. The highest BCUT2D eigenvalue weighted by Crippen LogP contribution is 2.25. The fraction of sp³-hybridized carbons (Fsp3) is 0.0625. The molecule has 128 valence electrons. The van der Waals surface area contributed by atoms with Crippen LogP contribution in [0.15, 0.2) is 48.8 Å². The van der Waals surface area contributed by atoms with E-state index in [9.17, 15) is 4.39 Å². The Labute approximate surface area is 158 Å². The van der Waals surface area contributed by atoms with Crippen LogP contribution in [0.3, 0.4) is 0 Å². The van der Waals surface area contributed by atoms with Crippen molar-refractivity contribution in [3.8, 4) is 0 Å². The van der Waals surface area contributed by atoms with E-state index in [0.717, 1.165) is 0 Å². The van der Waals surface area contributed by atoms with Crippen molar-refractivity contribution in [1.82, 2.24) is 14.8 Å². The molecule has 2 N–H and O–H groups in total. The van der Waals surface area contributed by atoms with E-state index in [4.69, 9.17) is 35.4 Å². The van der Waals surface area contributed by atoms with E-state index in [1.165, 1.54) is 17.1 Å². The molecule has 5 nitrogen and oxygen atoms in total. The molecule has 2 aromatic carbocycles. The van der Waals surface area contributed by atoms with Gasteiger partial charge in [0.05, 0.1) is 17.3 Å². The van der Waals surface area contributed by atoms with Gasteiger partial charge >= 0.3 is 0 Å². The van der Waals surface area contributed by atoms with Gasteiger partial charge in [-0.15, -0.1) is 5.10 Å². The number of halogens is 3. The quantitative estimate of drug-likeness (QED) is 0.633. The maximum atomic E-state index is 13.7. The minimum absolute atomic E-state index is 0.257. The average Bonchev–Trinajstić information content (AvgIpc) is 3.00. The van der Waals surface area contributed by atoms with Crippen LogP contribution >= 0.6 is 35.4 Å². The molecule has 0 atom stereocenters.